The first kappa shape index (κ1) is 17.6. The van der Waals surface area contributed by atoms with Gasteiger partial charge in [0.15, 0.2) is 0 Å². The van der Waals surface area contributed by atoms with Gasteiger partial charge in [-0.1, -0.05) is 31.2 Å². The molecule has 0 radical (unpaired) electrons. The molecule has 2 aromatic carbocycles. The minimum Gasteiger partial charge on any atom is -0.492 e. The van der Waals surface area contributed by atoms with E-state index in [2.05, 4.69) is 0 Å². The number of hydrogen-bond donors (Lipinski definition) is 2. The number of benzene rings is 2. The number of rotatable bonds is 7. The highest BCUT2D eigenvalue weighted by molar-refractivity contribution is 6.13. The normalized spacial score (nSPS) is 10.8. The van der Waals surface area contributed by atoms with E-state index in [1.54, 1.807) is 38.1 Å². The number of carboxylic acids is 2. The summed E-state index contributed by atoms with van der Waals surface area (Å²) in [4.78, 5) is 23.6. The fraction of sp³-hybridized carbons (Fsp3) is 0.333. The van der Waals surface area contributed by atoms with Crippen molar-refractivity contribution in [3.05, 3.63) is 35.4 Å². The molecule has 0 aliphatic rings. The van der Waals surface area contributed by atoms with Gasteiger partial charge in [-0.15, -0.1) is 0 Å². The lowest BCUT2D eigenvalue weighted by Gasteiger charge is -2.20. The Morgan fingerprint density at radius 1 is 1.00 bits per heavy atom. The average molecular weight is 332 g/mol. The van der Waals surface area contributed by atoms with Gasteiger partial charge in [-0.3, -0.25) is 0 Å². The van der Waals surface area contributed by atoms with Crippen LogP contribution < -0.4 is 9.47 Å². The van der Waals surface area contributed by atoms with Gasteiger partial charge in [-0.05, 0) is 20.3 Å². The molecule has 24 heavy (non-hydrogen) atoms. The number of ether oxygens (including phenoxy) is 2. The van der Waals surface area contributed by atoms with Crippen LogP contribution in [-0.4, -0.2) is 34.9 Å². The van der Waals surface area contributed by atoms with Crippen molar-refractivity contribution >= 4 is 22.7 Å². The Hall–Kier alpha value is -2.76. The molecule has 2 rings (SSSR count). The predicted octanol–water partition coefficient (Wildman–Crippen LogP) is 3.81. The molecule has 0 bridgehead atoms. The lowest BCUT2D eigenvalue weighted by molar-refractivity contribution is 0.0642. The summed E-state index contributed by atoms with van der Waals surface area (Å²) >= 11 is 0. The summed E-state index contributed by atoms with van der Waals surface area (Å²) in [6.45, 7) is 5.68. The maximum absolute atomic E-state index is 11.8. The maximum Gasteiger partial charge on any atom is 0.340 e. The van der Waals surface area contributed by atoms with Crippen molar-refractivity contribution in [1.82, 2.24) is 0 Å². The largest absolute Gasteiger partial charge is 0.492 e. The molecular formula is C18H20O6. The summed E-state index contributed by atoms with van der Waals surface area (Å²) in [7, 11) is 0. The van der Waals surface area contributed by atoms with E-state index in [4.69, 9.17) is 9.47 Å². The Bertz CT molecular complexity index is 779. The molecule has 0 aromatic heterocycles. The van der Waals surface area contributed by atoms with Crippen LogP contribution in [0, 0.1) is 0 Å². The quantitative estimate of drug-likeness (QED) is 0.801. The van der Waals surface area contributed by atoms with Crippen LogP contribution in [0.3, 0.4) is 0 Å². The molecule has 0 fully saturated rings. The molecule has 0 heterocycles. The van der Waals surface area contributed by atoms with Crippen LogP contribution in [0.1, 0.15) is 47.9 Å². The molecule has 0 saturated carbocycles. The van der Waals surface area contributed by atoms with Crippen LogP contribution >= 0.6 is 0 Å². The molecule has 128 valence electrons. The molecule has 0 amide bonds. The number of carbonyl (C=O) groups is 2. The Balaban J connectivity index is 2.95. The van der Waals surface area contributed by atoms with E-state index in [0.29, 0.717) is 17.2 Å². The highest BCUT2D eigenvalue weighted by Crippen LogP contribution is 2.41. The molecule has 6 heteroatoms. The second-order valence-corrected chi connectivity index (χ2v) is 5.58. The highest BCUT2D eigenvalue weighted by atomic mass is 16.5. The number of aromatic carboxylic acids is 2. The third-order valence-corrected chi connectivity index (χ3v) is 3.35. The fourth-order valence-corrected chi connectivity index (χ4v) is 2.50. The van der Waals surface area contributed by atoms with Gasteiger partial charge in [-0.25, -0.2) is 9.59 Å². The van der Waals surface area contributed by atoms with Gasteiger partial charge in [0.1, 0.15) is 22.6 Å². The van der Waals surface area contributed by atoms with Crippen molar-refractivity contribution in [1.29, 1.82) is 0 Å². The van der Waals surface area contributed by atoms with E-state index in [9.17, 15) is 19.8 Å². The second-order valence-electron chi connectivity index (χ2n) is 5.58. The van der Waals surface area contributed by atoms with E-state index in [1.807, 2.05) is 6.92 Å². The zero-order valence-corrected chi connectivity index (χ0v) is 13.8. The number of carboxylic acid groups (broad SMARTS) is 2. The molecule has 0 aliphatic heterocycles. The molecule has 2 aromatic rings. The molecule has 0 saturated heterocycles. The van der Waals surface area contributed by atoms with Gasteiger partial charge in [0, 0.05) is 10.8 Å². The monoisotopic (exact) mass is 332 g/mol. The van der Waals surface area contributed by atoms with E-state index in [0.717, 1.165) is 0 Å². The van der Waals surface area contributed by atoms with Crippen molar-refractivity contribution in [3.8, 4) is 11.5 Å². The zero-order chi connectivity index (χ0) is 17.9. The minimum atomic E-state index is -1.37. The summed E-state index contributed by atoms with van der Waals surface area (Å²) < 4.78 is 11.3. The molecule has 2 N–H and O–H groups in total. The molecule has 0 atom stereocenters. The van der Waals surface area contributed by atoms with Crippen LogP contribution in [-0.2, 0) is 0 Å². The summed E-state index contributed by atoms with van der Waals surface area (Å²) in [5, 5.41) is 20.3. The van der Waals surface area contributed by atoms with Crippen LogP contribution in [0.25, 0.3) is 10.8 Å². The molecule has 0 spiro atoms. The van der Waals surface area contributed by atoms with E-state index >= 15 is 0 Å². The summed E-state index contributed by atoms with van der Waals surface area (Å²) in [6.07, 6.45) is 0.357. The fourth-order valence-electron chi connectivity index (χ4n) is 2.50. The van der Waals surface area contributed by atoms with Crippen LogP contribution in [0.5, 0.6) is 11.5 Å². The second kappa shape index (κ2) is 7.21. The first-order valence-electron chi connectivity index (χ1n) is 7.73. The Kier molecular flexibility index (Phi) is 5.28. The zero-order valence-electron chi connectivity index (χ0n) is 13.8. The molecule has 6 nitrogen and oxygen atoms in total. The van der Waals surface area contributed by atoms with Crippen molar-refractivity contribution in [2.75, 3.05) is 6.61 Å². The smallest absolute Gasteiger partial charge is 0.340 e. The van der Waals surface area contributed by atoms with Crippen LogP contribution in [0.2, 0.25) is 0 Å². The van der Waals surface area contributed by atoms with Crippen molar-refractivity contribution in [3.63, 3.8) is 0 Å². The Morgan fingerprint density at radius 3 is 1.96 bits per heavy atom. The van der Waals surface area contributed by atoms with Gasteiger partial charge in [-0.2, -0.15) is 0 Å². The van der Waals surface area contributed by atoms with E-state index in [1.165, 1.54) is 0 Å². The van der Waals surface area contributed by atoms with Crippen molar-refractivity contribution in [2.45, 2.75) is 33.3 Å². The van der Waals surface area contributed by atoms with E-state index < -0.39 is 11.9 Å². The van der Waals surface area contributed by atoms with Crippen molar-refractivity contribution < 1.29 is 29.3 Å². The third-order valence-electron chi connectivity index (χ3n) is 3.35. The number of hydrogen-bond acceptors (Lipinski definition) is 4. The summed E-state index contributed by atoms with van der Waals surface area (Å²) in [5.41, 5.74) is -0.772. The first-order chi connectivity index (χ1) is 11.4. The SMILES string of the molecule is CCCOc1c(C(=O)O)c(C(=O)O)c(OC(C)C)c2ccccc12. The maximum atomic E-state index is 11.8. The molecule has 0 aliphatic carbocycles. The predicted molar refractivity (Wildman–Crippen MR) is 89.4 cm³/mol. The van der Waals surface area contributed by atoms with Gasteiger partial charge in [0.05, 0.1) is 12.7 Å². The molecule has 0 unspecified atom stereocenters. The van der Waals surface area contributed by atoms with Crippen LogP contribution in [0.15, 0.2) is 24.3 Å². The van der Waals surface area contributed by atoms with Gasteiger partial charge in [0.25, 0.3) is 0 Å². The number of fused-ring (bicyclic) bond motifs is 1. The van der Waals surface area contributed by atoms with Crippen LogP contribution in [0.4, 0.5) is 0 Å². The average Bonchev–Trinajstić information content (AvgIpc) is 2.52. The summed E-state index contributed by atoms with van der Waals surface area (Å²) in [5.74, 6) is -2.61. The minimum absolute atomic E-state index is 0.0503. The highest BCUT2D eigenvalue weighted by Gasteiger charge is 2.30. The van der Waals surface area contributed by atoms with Gasteiger partial charge < -0.3 is 19.7 Å². The Labute approximate surface area is 139 Å². The lowest BCUT2D eigenvalue weighted by atomic mass is 9.97. The van der Waals surface area contributed by atoms with E-state index in [-0.39, 0.29) is 35.3 Å². The topological polar surface area (TPSA) is 93.1 Å². The third kappa shape index (κ3) is 3.27. The van der Waals surface area contributed by atoms with Gasteiger partial charge in [0.2, 0.25) is 0 Å². The van der Waals surface area contributed by atoms with Gasteiger partial charge >= 0.3 is 11.9 Å². The summed E-state index contributed by atoms with van der Waals surface area (Å²) in [6, 6.07) is 6.88. The lowest BCUT2D eigenvalue weighted by Crippen LogP contribution is -2.16. The molecular weight excluding hydrogens is 312 g/mol. The first-order valence-corrected chi connectivity index (χ1v) is 7.73. The van der Waals surface area contributed by atoms with Crippen molar-refractivity contribution in [2.24, 2.45) is 0 Å². The Morgan fingerprint density at radius 2 is 1.50 bits per heavy atom. The standard InChI is InChI=1S/C18H20O6/c1-4-9-23-15-11-7-5-6-8-12(11)16(24-10(2)3)14(18(21)22)13(15)17(19)20/h5-8,10H,4,9H2,1-3H3,(H,19,20)(H,21,22).